The van der Waals surface area contributed by atoms with Crippen molar-refractivity contribution in [2.24, 2.45) is 0 Å². The zero-order valence-electron chi connectivity index (χ0n) is 18.7. The van der Waals surface area contributed by atoms with Gasteiger partial charge in [-0.25, -0.2) is 13.2 Å². The molecule has 1 aromatic heterocycles. The van der Waals surface area contributed by atoms with Crippen LogP contribution in [0.4, 0.5) is 10.7 Å². The van der Waals surface area contributed by atoms with Gasteiger partial charge in [-0.15, -0.1) is 11.3 Å². The molecular weight excluding hydrogens is 476 g/mol. The summed E-state index contributed by atoms with van der Waals surface area (Å²) < 4.78 is 30.2. The first-order valence-electron chi connectivity index (χ1n) is 10.4. The van der Waals surface area contributed by atoms with Crippen LogP contribution in [0.15, 0.2) is 60.7 Å². The number of carbonyl (C=O) groups excluding carboxylic acids is 3. The number of Topliss-reactive ketones (excluding diaryl/α,β-unsaturated/α-hetero) is 1. The summed E-state index contributed by atoms with van der Waals surface area (Å²) in [6.45, 7) is 1.90. The summed E-state index contributed by atoms with van der Waals surface area (Å²) >= 11 is 1.25. The number of nitrogens with one attached hydrogen (secondary N) is 2. The van der Waals surface area contributed by atoms with Crippen LogP contribution in [0.2, 0.25) is 0 Å². The molecule has 178 valence electrons. The lowest BCUT2D eigenvalue weighted by Crippen LogP contribution is -2.15. The molecule has 3 aromatic rings. The Morgan fingerprint density at radius 1 is 0.971 bits per heavy atom. The van der Waals surface area contributed by atoms with E-state index in [9.17, 15) is 22.8 Å². The number of esters is 1. The molecule has 2 aromatic carbocycles. The lowest BCUT2D eigenvalue weighted by molar-refractivity contribution is -0.116. The van der Waals surface area contributed by atoms with E-state index in [1.165, 1.54) is 23.5 Å². The van der Waals surface area contributed by atoms with Gasteiger partial charge in [0.15, 0.2) is 5.78 Å². The first-order chi connectivity index (χ1) is 16.2. The van der Waals surface area contributed by atoms with Gasteiger partial charge in [0.1, 0.15) is 5.00 Å². The third-order valence-electron chi connectivity index (χ3n) is 4.61. The molecule has 1 amide bonds. The van der Waals surface area contributed by atoms with Crippen LogP contribution < -0.4 is 10.0 Å². The van der Waals surface area contributed by atoms with Crippen molar-refractivity contribution < 1.29 is 27.5 Å². The fourth-order valence-electron chi connectivity index (χ4n) is 3.12. The maximum Gasteiger partial charge on any atom is 0.341 e. The fraction of sp³-hybridized carbons (Fsp3) is 0.208. The topological polar surface area (TPSA) is 119 Å². The fourth-order valence-corrected chi connectivity index (χ4v) is 4.74. The Morgan fingerprint density at radius 2 is 1.71 bits per heavy atom. The Bertz CT molecular complexity index is 1300. The van der Waals surface area contributed by atoms with Crippen molar-refractivity contribution in [3.8, 4) is 10.4 Å². The maximum absolute atomic E-state index is 12.6. The van der Waals surface area contributed by atoms with Gasteiger partial charge >= 0.3 is 5.97 Å². The molecule has 0 atom stereocenters. The molecule has 0 spiro atoms. The Kier molecular flexibility index (Phi) is 8.19. The second-order valence-electron chi connectivity index (χ2n) is 7.37. The zero-order valence-corrected chi connectivity index (χ0v) is 20.3. The van der Waals surface area contributed by atoms with Crippen molar-refractivity contribution >= 4 is 49.7 Å². The Hall–Kier alpha value is -3.50. The maximum atomic E-state index is 12.6. The lowest BCUT2D eigenvalue weighted by atomic mass is 10.1. The second-order valence-corrected chi connectivity index (χ2v) is 10.2. The first-order valence-corrected chi connectivity index (χ1v) is 13.1. The number of carbonyl (C=O) groups is 3. The summed E-state index contributed by atoms with van der Waals surface area (Å²) in [5, 5.41) is 3.08. The average Bonchev–Trinajstić information content (AvgIpc) is 3.21. The van der Waals surface area contributed by atoms with Crippen LogP contribution in [-0.2, 0) is 19.6 Å². The molecular formula is C24H24N2O6S2. The average molecular weight is 501 g/mol. The highest BCUT2D eigenvalue weighted by Gasteiger charge is 2.20. The predicted molar refractivity (Wildman–Crippen MR) is 133 cm³/mol. The minimum atomic E-state index is -3.48. The third-order valence-corrected chi connectivity index (χ3v) is 6.31. The van der Waals surface area contributed by atoms with Crippen molar-refractivity contribution in [1.82, 2.24) is 0 Å². The lowest BCUT2D eigenvalue weighted by Gasteiger charge is -2.07. The molecule has 3 rings (SSSR count). The number of rotatable bonds is 10. The number of amides is 1. The number of anilines is 2. The summed E-state index contributed by atoms with van der Waals surface area (Å²) in [4.78, 5) is 38.3. The molecule has 0 saturated heterocycles. The number of benzene rings is 2. The highest BCUT2D eigenvalue weighted by Crippen LogP contribution is 2.36. The van der Waals surface area contributed by atoms with Gasteiger partial charge in [-0.1, -0.05) is 42.5 Å². The summed E-state index contributed by atoms with van der Waals surface area (Å²) in [6, 6.07) is 17.2. The molecule has 0 radical (unpaired) electrons. The van der Waals surface area contributed by atoms with Gasteiger partial charge in [-0.2, -0.15) is 0 Å². The molecule has 0 unspecified atom stereocenters. The largest absolute Gasteiger partial charge is 0.462 e. The third kappa shape index (κ3) is 7.00. The smallest absolute Gasteiger partial charge is 0.341 e. The Morgan fingerprint density at radius 3 is 2.38 bits per heavy atom. The number of thiophene rings is 1. The van der Waals surface area contributed by atoms with E-state index in [0.717, 1.165) is 16.7 Å². The second kappa shape index (κ2) is 11.1. The monoisotopic (exact) mass is 500 g/mol. The van der Waals surface area contributed by atoms with E-state index >= 15 is 0 Å². The van der Waals surface area contributed by atoms with Crippen molar-refractivity contribution in [2.75, 3.05) is 22.9 Å². The van der Waals surface area contributed by atoms with Crippen molar-refractivity contribution in [2.45, 2.75) is 19.8 Å². The van der Waals surface area contributed by atoms with E-state index < -0.39 is 21.9 Å². The molecule has 0 fully saturated rings. The molecule has 34 heavy (non-hydrogen) atoms. The quantitative estimate of drug-likeness (QED) is 0.311. The molecule has 0 aliphatic rings. The van der Waals surface area contributed by atoms with Gasteiger partial charge in [0, 0.05) is 29.0 Å². The van der Waals surface area contributed by atoms with E-state index in [2.05, 4.69) is 10.0 Å². The molecule has 0 aliphatic heterocycles. The summed E-state index contributed by atoms with van der Waals surface area (Å²) in [5.74, 6) is -1.28. The van der Waals surface area contributed by atoms with E-state index in [-0.39, 0.29) is 42.0 Å². The predicted octanol–water partition coefficient (Wildman–Crippen LogP) is 4.56. The van der Waals surface area contributed by atoms with Gasteiger partial charge in [-0.3, -0.25) is 14.3 Å². The van der Waals surface area contributed by atoms with Crippen LogP contribution in [0.25, 0.3) is 10.4 Å². The SMILES string of the molecule is CCOC(=O)c1cc(-c2ccccc2)sc1NC(=O)CCC(=O)c1cccc(NS(C)(=O)=O)c1. The van der Waals surface area contributed by atoms with E-state index in [4.69, 9.17) is 4.74 Å². The first kappa shape index (κ1) is 25.1. The molecule has 2 N–H and O–H groups in total. The molecule has 8 nitrogen and oxygen atoms in total. The van der Waals surface area contributed by atoms with Crippen LogP contribution >= 0.6 is 11.3 Å². The van der Waals surface area contributed by atoms with Crippen molar-refractivity contribution in [1.29, 1.82) is 0 Å². The minimum Gasteiger partial charge on any atom is -0.462 e. The van der Waals surface area contributed by atoms with Gasteiger partial charge < -0.3 is 10.1 Å². The van der Waals surface area contributed by atoms with Crippen LogP contribution in [0.1, 0.15) is 40.5 Å². The number of ether oxygens (including phenoxy) is 1. The highest BCUT2D eigenvalue weighted by atomic mass is 32.2. The van der Waals surface area contributed by atoms with Gasteiger partial charge in [0.25, 0.3) is 0 Å². The summed E-state index contributed by atoms with van der Waals surface area (Å²) in [6.07, 6.45) is 0.827. The van der Waals surface area contributed by atoms with Crippen molar-refractivity contribution in [3.63, 3.8) is 0 Å². The molecule has 0 aliphatic carbocycles. The summed E-state index contributed by atoms with van der Waals surface area (Å²) in [7, 11) is -3.48. The molecule has 0 saturated carbocycles. The minimum absolute atomic E-state index is 0.0835. The molecule has 1 heterocycles. The zero-order chi connectivity index (χ0) is 24.7. The highest BCUT2D eigenvalue weighted by molar-refractivity contribution is 7.92. The van der Waals surface area contributed by atoms with E-state index in [1.807, 2.05) is 30.3 Å². The van der Waals surface area contributed by atoms with E-state index in [0.29, 0.717) is 5.00 Å². The standard InChI is InChI=1S/C24H24N2O6S2/c1-3-32-24(29)19-15-21(16-8-5-4-6-9-16)33-23(19)25-22(28)13-12-20(27)17-10-7-11-18(14-17)26-34(2,30)31/h4-11,14-15,26H,3,12-13H2,1-2H3,(H,25,28). The number of hydrogen-bond acceptors (Lipinski definition) is 7. The van der Waals surface area contributed by atoms with Crippen LogP contribution in [-0.4, -0.2) is 38.9 Å². The van der Waals surface area contributed by atoms with E-state index in [1.54, 1.807) is 25.1 Å². The van der Waals surface area contributed by atoms with Crippen LogP contribution in [0.5, 0.6) is 0 Å². The number of hydrogen-bond donors (Lipinski definition) is 2. The Labute approximate surface area is 202 Å². The van der Waals surface area contributed by atoms with Gasteiger partial charge in [0.2, 0.25) is 15.9 Å². The normalized spacial score (nSPS) is 11.0. The van der Waals surface area contributed by atoms with Crippen LogP contribution in [0, 0.1) is 0 Å². The number of ketones is 1. The molecule has 0 bridgehead atoms. The van der Waals surface area contributed by atoms with Gasteiger partial charge in [-0.05, 0) is 30.7 Å². The van der Waals surface area contributed by atoms with Crippen LogP contribution in [0.3, 0.4) is 0 Å². The summed E-state index contributed by atoms with van der Waals surface area (Å²) in [5.41, 5.74) is 1.71. The molecule has 10 heteroatoms. The Balaban J connectivity index is 1.69. The van der Waals surface area contributed by atoms with Crippen molar-refractivity contribution in [3.05, 3.63) is 71.8 Å². The number of sulfonamides is 1. The van der Waals surface area contributed by atoms with Gasteiger partial charge in [0.05, 0.1) is 18.4 Å².